The molecule has 0 unspecified atom stereocenters. The number of hydrogen-bond acceptors (Lipinski definition) is 4. The maximum Gasteiger partial charge on any atom is 0.187 e. The van der Waals surface area contributed by atoms with Crippen LogP contribution in [0.15, 0.2) is 182 Å². The van der Waals surface area contributed by atoms with Crippen LogP contribution < -0.4 is 0 Å². The molecule has 8 aromatic carbocycles. The molecule has 0 radical (unpaired) electrons. The van der Waals surface area contributed by atoms with Crippen LogP contribution >= 0.6 is 0 Å². The summed E-state index contributed by atoms with van der Waals surface area (Å²) in [6, 6.07) is 63.9. The molecule has 2 heterocycles. The van der Waals surface area contributed by atoms with Crippen molar-refractivity contribution in [2.45, 2.75) is 13.8 Å². The molecule has 0 aliphatic heterocycles. The topological polar surface area (TPSA) is 71.8 Å². The minimum absolute atomic E-state index is 0.500. The van der Waals surface area contributed by atoms with Crippen molar-refractivity contribution in [2.75, 3.05) is 0 Å². The van der Waals surface area contributed by atoms with Crippen molar-refractivity contribution in [3.63, 3.8) is 0 Å². The number of nitrogens with zero attached hydrogens (tertiary/aromatic N) is 6. The van der Waals surface area contributed by atoms with Crippen LogP contribution in [0.4, 0.5) is 5.69 Å². The third-order valence-corrected chi connectivity index (χ3v) is 11.2. The zero-order valence-electron chi connectivity index (χ0n) is 33.5. The second kappa shape index (κ2) is 15.4. The van der Waals surface area contributed by atoms with Gasteiger partial charge >= 0.3 is 0 Å². The van der Waals surface area contributed by atoms with E-state index in [-0.39, 0.29) is 0 Å². The summed E-state index contributed by atoms with van der Waals surface area (Å²) in [6.45, 7) is 12.3. The van der Waals surface area contributed by atoms with E-state index in [2.05, 4.69) is 108 Å². The van der Waals surface area contributed by atoms with Crippen molar-refractivity contribution < 1.29 is 0 Å². The fourth-order valence-corrected chi connectivity index (χ4v) is 8.40. The normalized spacial score (nSPS) is 11.1. The molecule has 0 saturated heterocycles. The Morgan fingerprint density at radius 1 is 0.475 bits per heavy atom. The Morgan fingerprint density at radius 2 is 1.05 bits per heavy atom. The SMILES string of the molecule is [C-]#[N+]c1cccc(-c2cc(-c3nc(-c4ccccc4)nc(-c4ccccc4)n3)cc(-c3cccc(C#N)c3)c2-n2c3ccccc3c3cc(-c4ccc(C)cc4C)ccc32)c1. The molecule has 2 aromatic heterocycles. The van der Waals surface area contributed by atoms with E-state index in [9.17, 15) is 5.26 Å². The van der Waals surface area contributed by atoms with Gasteiger partial charge in [-0.05, 0) is 90.2 Å². The first-order valence-corrected chi connectivity index (χ1v) is 20.1. The zero-order valence-corrected chi connectivity index (χ0v) is 33.5. The van der Waals surface area contributed by atoms with Crippen LogP contribution in [0.25, 0.3) is 99.9 Å². The van der Waals surface area contributed by atoms with Crippen molar-refractivity contribution in [1.82, 2.24) is 19.5 Å². The van der Waals surface area contributed by atoms with E-state index in [0.717, 1.165) is 72.0 Å². The van der Waals surface area contributed by atoms with Crippen LogP contribution in [-0.2, 0) is 0 Å². The molecule has 6 heteroatoms. The molecule has 286 valence electrons. The standard InChI is InChI=1S/C55H36N6/c1-35-24-26-45(36(2)28-35)42-25-27-51-49(31-42)46-22-10-11-23-50(46)61(51)52-47(40-19-12-14-37(29-40)34-56)32-43(33-48(52)41-20-13-21-44(30-41)57-3)55-59-53(38-15-6-4-7-16-38)58-54(60-55)39-17-8-5-9-18-39/h4-33H,1-2H3. The predicted octanol–water partition coefficient (Wildman–Crippen LogP) is 14.0. The summed E-state index contributed by atoms with van der Waals surface area (Å²) in [5.74, 6) is 1.61. The van der Waals surface area contributed by atoms with Crippen LogP contribution in [0.3, 0.4) is 0 Å². The highest BCUT2D eigenvalue weighted by molar-refractivity contribution is 6.12. The molecule has 0 amide bonds. The van der Waals surface area contributed by atoms with Crippen LogP contribution in [0.1, 0.15) is 16.7 Å². The van der Waals surface area contributed by atoms with Gasteiger partial charge in [0.25, 0.3) is 0 Å². The molecular formula is C55H36N6. The number of aryl methyl sites for hydroxylation is 2. The lowest BCUT2D eigenvalue weighted by atomic mass is 9.91. The first-order valence-electron chi connectivity index (χ1n) is 20.1. The maximum atomic E-state index is 10.2. The molecule has 0 N–H and O–H groups in total. The second-order valence-electron chi connectivity index (χ2n) is 15.2. The number of rotatable bonds is 7. The summed E-state index contributed by atoms with van der Waals surface area (Å²) < 4.78 is 2.34. The van der Waals surface area contributed by atoms with Gasteiger partial charge in [-0.15, -0.1) is 0 Å². The molecule has 0 saturated carbocycles. The molecule has 0 spiro atoms. The van der Waals surface area contributed by atoms with Crippen molar-refractivity contribution in [3.05, 3.63) is 210 Å². The highest BCUT2D eigenvalue weighted by Crippen LogP contribution is 2.45. The Balaban J connectivity index is 1.33. The monoisotopic (exact) mass is 780 g/mol. The van der Waals surface area contributed by atoms with E-state index in [0.29, 0.717) is 28.7 Å². The van der Waals surface area contributed by atoms with E-state index in [1.165, 1.54) is 16.7 Å². The first kappa shape index (κ1) is 36.9. The van der Waals surface area contributed by atoms with E-state index in [1.807, 2.05) is 103 Å². The quantitative estimate of drug-likeness (QED) is 0.151. The minimum Gasteiger partial charge on any atom is -0.308 e. The number of benzene rings is 8. The van der Waals surface area contributed by atoms with Gasteiger partial charge in [-0.1, -0.05) is 139 Å². The second-order valence-corrected chi connectivity index (χ2v) is 15.2. The number of nitriles is 1. The van der Waals surface area contributed by atoms with Crippen molar-refractivity contribution >= 4 is 27.5 Å². The molecule has 0 aliphatic rings. The Morgan fingerprint density at radius 3 is 1.70 bits per heavy atom. The lowest BCUT2D eigenvalue weighted by Crippen LogP contribution is -2.04. The van der Waals surface area contributed by atoms with Crippen molar-refractivity contribution in [2.24, 2.45) is 0 Å². The molecule has 0 aliphatic carbocycles. The minimum atomic E-state index is 0.500. The van der Waals surface area contributed by atoms with E-state index in [4.69, 9.17) is 21.5 Å². The summed E-state index contributed by atoms with van der Waals surface area (Å²) >= 11 is 0. The lowest BCUT2D eigenvalue weighted by molar-refractivity contribution is 1.07. The molecule has 0 bridgehead atoms. The van der Waals surface area contributed by atoms with Crippen molar-refractivity contribution in [3.8, 4) is 79.3 Å². The summed E-state index contributed by atoms with van der Waals surface area (Å²) in [7, 11) is 0. The number of para-hydroxylation sites is 1. The van der Waals surface area contributed by atoms with E-state index < -0.39 is 0 Å². The van der Waals surface area contributed by atoms with Gasteiger partial charge in [0.1, 0.15) is 0 Å². The van der Waals surface area contributed by atoms with Gasteiger partial charge in [-0.3, -0.25) is 0 Å². The van der Waals surface area contributed by atoms with Gasteiger partial charge in [0.15, 0.2) is 23.2 Å². The van der Waals surface area contributed by atoms with Crippen LogP contribution in [0.2, 0.25) is 0 Å². The molecule has 0 fully saturated rings. The molecule has 6 nitrogen and oxygen atoms in total. The van der Waals surface area contributed by atoms with Gasteiger partial charge in [0.05, 0.1) is 34.9 Å². The van der Waals surface area contributed by atoms with Gasteiger partial charge in [-0.25, -0.2) is 19.8 Å². The Kier molecular flexibility index (Phi) is 9.29. The molecule has 0 atom stereocenters. The number of hydrogen-bond donors (Lipinski definition) is 0. The summed E-state index contributed by atoms with van der Waals surface area (Å²) in [5, 5.41) is 12.4. The van der Waals surface area contributed by atoms with Crippen LogP contribution in [0.5, 0.6) is 0 Å². The highest BCUT2D eigenvalue weighted by Gasteiger charge is 2.24. The summed E-state index contributed by atoms with van der Waals surface area (Å²) in [6.07, 6.45) is 0. The summed E-state index contributed by atoms with van der Waals surface area (Å²) in [5.41, 5.74) is 14.8. The lowest BCUT2D eigenvalue weighted by Gasteiger charge is -2.21. The van der Waals surface area contributed by atoms with Gasteiger partial charge in [-0.2, -0.15) is 5.26 Å². The zero-order chi connectivity index (χ0) is 41.5. The van der Waals surface area contributed by atoms with Crippen LogP contribution in [0, 0.1) is 31.8 Å². The molecule has 10 rings (SSSR count). The average Bonchev–Trinajstić information content (AvgIpc) is 3.64. The molecule has 61 heavy (non-hydrogen) atoms. The number of fused-ring (bicyclic) bond motifs is 3. The van der Waals surface area contributed by atoms with Gasteiger partial charge in [0, 0.05) is 38.6 Å². The predicted molar refractivity (Wildman–Crippen MR) is 247 cm³/mol. The Bertz CT molecular complexity index is 3270. The van der Waals surface area contributed by atoms with Crippen molar-refractivity contribution in [1.29, 1.82) is 5.26 Å². The van der Waals surface area contributed by atoms with Gasteiger partial charge < -0.3 is 4.57 Å². The molecular weight excluding hydrogens is 745 g/mol. The Labute approximate surface area is 354 Å². The fourth-order valence-electron chi connectivity index (χ4n) is 8.40. The first-order chi connectivity index (χ1) is 29.9. The fraction of sp³-hybridized carbons (Fsp3) is 0.0364. The van der Waals surface area contributed by atoms with Crippen LogP contribution in [-0.4, -0.2) is 19.5 Å². The Hall–Kier alpha value is -8.45. The molecule has 10 aromatic rings. The largest absolute Gasteiger partial charge is 0.308 e. The smallest absolute Gasteiger partial charge is 0.187 e. The van der Waals surface area contributed by atoms with Gasteiger partial charge in [0.2, 0.25) is 0 Å². The van der Waals surface area contributed by atoms with E-state index >= 15 is 0 Å². The summed E-state index contributed by atoms with van der Waals surface area (Å²) in [4.78, 5) is 19.1. The highest BCUT2D eigenvalue weighted by atomic mass is 15.0. The number of aromatic nitrogens is 4. The van der Waals surface area contributed by atoms with E-state index in [1.54, 1.807) is 0 Å². The third kappa shape index (κ3) is 6.79. The third-order valence-electron chi connectivity index (χ3n) is 11.2. The maximum absolute atomic E-state index is 10.2. The average molecular weight is 781 g/mol.